The first-order valence-corrected chi connectivity index (χ1v) is 11.3. The highest BCUT2D eigenvalue weighted by molar-refractivity contribution is 5.93. The summed E-state index contributed by atoms with van der Waals surface area (Å²) in [5.74, 6) is 0.204. The second-order valence-electron chi connectivity index (χ2n) is 8.06. The van der Waals surface area contributed by atoms with Crippen molar-refractivity contribution in [1.82, 2.24) is 20.6 Å². The molecule has 0 radical (unpaired) electrons. The van der Waals surface area contributed by atoms with Gasteiger partial charge in [-0.15, -0.1) is 0 Å². The zero-order valence-corrected chi connectivity index (χ0v) is 20.1. The number of urea groups is 2. The molecule has 4 amide bonds. The number of anilines is 2. The first kappa shape index (κ1) is 24.2. The first-order valence-electron chi connectivity index (χ1n) is 11.3. The Morgan fingerprint density at radius 2 is 1.03 bits per heavy atom. The molecule has 0 aliphatic carbocycles. The van der Waals surface area contributed by atoms with E-state index in [0.29, 0.717) is 33.5 Å². The Kier molecular flexibility index (Phi) is 6.27. The largest absolute Gasteiger partial charge is 0.403 e. The number of rotatable bonds is 4. The smallest absolute Gasteiger partial charge is 0.347 e. The highest BCUT2D eigenvalue weighted by Gasteiger charge is 2.13. The second kappa shape index (κ2) is 9.85. The van der Waals surface area contributed by atoms with E-state index in [1.807, 2.05) is 0 Å². The van der Waals surface area contributed by atoms with Crippen molar-refractivity contribution in [3.8, 4) is 22.9 Å². The van der Waals surface area contributed by atoms with Crippen molar-refractivity contribution in [3.63, 3.8) is 0 Å². The van der Waals surface area contributed by atoms with Crippen LogP contribution in [0.3, 0.4) is 0 Å². The van der Waals surface area contributed by atoms with Crippen LogP contribution in [0.4, 0.5) is 21.0 Å². The van der Waals surface area contributed by atoms with Gasteiger partial charge in [-0.3, -0.25) is 0 Å². The lowest BCUT2D eigenvalue weighted by Crippen LogP contribution is -2.24. The van der Waals surface area contributed by atoms with Gasteiger partial charge in [-0.25, -0.2) is 29.1 Å². The molecule has 0 fully saturated rings. The van der Waals surface area contributed by atoms with Crippen LogP contribution in [0.15, 0.2) is 79.1 Å². The zero-order chi connectivity index (χ0) is 26.8. The van der Waals surface area contributed by atoms with E-state index < -0.39 is 23.3 Å². The number of amides is 4. The lowest BCUT2D eigenvalue weighted by atomic mass is 10.1. The molecular weight excluding hydrogens is 492 g/mol. The number of fused-ring (bicyclic) bond motifs is 2. The molecule has 5 rings (SSSR count). The highest BCUT2D eigenvalue weighted by atomic mass is 16.4. The molecule has 38 heavy (non-hydrogen) atoms. The van der Waals surface area contributed by atoms with Crippen molar-refractivity contribution in [2.24, 2.45) is 0 Å². The molecule has 0 spiro atoms. The zero-order valence-electron chi connectivity index (χ0n) is 20.1. The molecule has 0 bridgehead atoms. The first-order chi connectivity index (χ1) is 18.3. The third kappa shape index (κ3) is 4.78. The quantitative estimate of drug-likeness (QED) is 0.283. The summed E-state index contributed by atoms with van der Waals surface area (Å²) in [6, 6.07) is 15.3. The van der Waals surface area contributed by atoms with Gasteiger partial charge in [0.05, 0.1) is 21.8 Å². The van der Waals surface area contributed by atoms with Crippen LogP contribution in [0, 0.1) is 0 Å². The summed E-state index contributed by atoms with van der Waals surface area (Å²) in [5, 5.41) is 10.5. The number of aromatic nitrogens is 2. The number of nitrogens with one attached hydrogen (secondary N) is 4. The lowest BCUT2D eigenvalue weighted by molar-refractivity contribution is 0.253. The third-order valence-corrected chi connectivity index (χ3v) is 5.60. The molecule has 2 aromatic heterocycles. The maximum Gasteiger partial charge on any atom is 0.347 e. The van der Waals surface area contributed by atoms with Gasteiger partial charge in [0, 0.05) is 36.6 Å². The SMILES string of the molecule is CNC(=O)Nc1ccc2nc(-c3ccc(-c4nc5ccc(NC(=O)NC)cc5c(=O)o4)cc3)oc(=O)c2c1. The third-order valence-electron chi connectivity index (χ3n) is 5.60. The normalized spacial score (nSPS) is 10.8. The Morgan fingerprint density at radius 1 is 0.632 bits per heavy atom. The Bertz CT molecular complexity index is 1690. The van der Waals surface area contributed by atoms with Gasteiger partial charge in [0.2, 0.25) is 11.8 Å². The van der Waals surface area contributed by atoms with Crippen LogP contribution in [0.5, 0.6) is 0 Å². The van der Waals surface area contributed by atoms with E-state index in [1.165, 1.54) is 26.2 Å². The number of carbonyl (C=O) groups excluding carboxylic acids is 2. The Hall–Kier alpha value is -5.52. The number of benzene rings is 3. The van der Waals surface area contributed by atoms with E-state index >= 15 is 0 Å². The Balaban J connectivity index is 1.44. The van der Waals surface area contributed by atoms with E-state index in [4.69, 9.17) is 8.83 Å². The summed E-state index contributed by atoms with van der Waals surface area (Å²) in [7, 11) is 2.97. The second-order valence-corrected chi connectivity index (χ2v) is 8.06. The van der Waals surface area contributed by atoms with Crippen LogP contribution in [0.1, 0.15) is 0 Å². The number of nitrogens with zero attached hydrogens (tertiary/aromatic N) is 2. The monoisotopic (exact) mass is 512 g/mol. The van der Waals surface area contributed by atoms with E-state index in [1.54, 1.807) is 48.5 Å². The molecule has 0 unspecified atom stereocenters. The molecule has 12 heteroatoms. The molecule has 0 saturated heterocycles. The summed E-state index contributed by atoms with van der Waals surface area (Å²) in [4.78, 5) is 57.1. The topological polar surface area (TPSA) is 168 Å². The Labute approximate surface area is 213 Å². The van der Waals surface area contributed by atoms with E-state index in [9.17, 15) is 19.2 Å². The van der Waals surface area contributed by atoms with Crippen LogP contribution >= 0.6 is 0 Å². The van der Waals surface area contributed by atoms with Gasteiger partial charge < -0.3 is 30.1 Å². The van der Waals surface area contributed by atoms with Crippen molar-refractivity contribution in [3.05, 3.63) is 81.5 Å². The van der Waals surface area contributed by atoms with E-state index in [0.717, 1.165) is 0 Å². The van der Waals surface area contributed by atoms with Gasteiger partial charge in [-0.1, -0.05) is 0 Å². The number of hydrogen-bond donors (Lipinski definition) is 4. The van der Waals surface area contributed by atoms with Crippen molar-refractivity contribution in [1.29, 1.82) is 0 Å². The summed E-state index contributed by atoms with van der Waals surface area (Å²) >= 11 is 0. The predicted molar refractivity (Wildman–Crippen MR) is 141 cm³/mol. The number of carbonyl (C=O) groups is 2. The summed E-state index contributed by atoms with van der Waals surface area (Å²) < 4.78 is 10.8. The molecule has 0 aliphatic heterocycles. The summed E-state index contributed by atoms with van der Waals surface area (Å²) in [5.41, 5.74) is 1.47. The van der Waals surface area contributed by atoms with Crippen LogP contribution < -0.4 is 32.5 Å². The fourth-order valence-corrected chi connectivity index (χ4v) is 3.69. The van der Waals surface area contributed by atoms with Gasteiger partial charge in [-0.2, -0.15) is 0 Å². The van der Waals surface area contributed by atoms with Crippen LogP contribution in [0.2, 0.25) is 0 Å². The molecule has 0 aliphatic rings. The average molecular weight is 512 g/mol. The van der Waals surface area contributed by atoms with Gasteiger partial charge in [0.15, 0.2) is 0 Å². The molecule has 0 saturated carbocycles. The minimum absolute atomic E-state index is 0.102. The van der Waals surface area contributed by atoms with E-state index in [2.05, 4.69) is 31.2 Å². The molecule has 5 aromatic rings. The van der Waals surface area contributed by atoms with Crippen molar-refractivity contribution in [2.75, 3.05) is 24.7 Å². The lowest BCUT2D eigenvalue weighted by Gasteiger charge is -2.07. The summed E-state index contributed by atoms with van der Waals surface area (Å²) in [6.07, 6.45) is 0. The molecule has 4 N–H and O–H groups in total. The maximum atomic E-state index is 12.6. The number of hydrogen-bond acceptors (Lipinski definition) is 8. The van der Waals surface area contributed by atoms with E-state index in [-0.39, 0.29) is 22.6 Å². The molecule has 3 aromatic carbocycles. The van der Waals surface area contributed by atoms with Gasteiger partial charge in [0.1, 0.15) is 0 Å². The maximum absolute atomic E-state index is 12.6. The Morgan fingerprint density at radius 3 is 1.39 bits per heavy atom. The van der Waals surface area contributed by atoms with Crippen molar-refractivity contribution < 1.29 is 18.4 Å². The predicted octanol–water partition coefficient (Wildman–Crippen LogP) is 3.53. The fourth-order valence-electron chi connectivity index (χ4n) is 3.69. The fraction of sp³-hybridized carbons (Fsp3) is 0.0769. The molecule has 2 heterocycles. The van der Waals surface area contributed by atoms with Crippen molar-refractivity contribution in [2.45, 2.75) is 0 Å². The molecule has 12 nitrogen and oxygen atoms in total. The highest BCUT2D eigenvalue weighted by Crippen LogP contribution is 2.25. The van der Waals surface area contributed by atoms with Gasteiger partial charge >= 0.3 is 23.3 Å². The molecule has 0 atom stereocenters. The minimum atomic E-state index is -0.609. The van der Waals surface area contributed by atoms with Crippen LogP contribution in [-0.2, 0) is 0 Å². The van der Waals surface area contributed by atoms with Gasteiger partial charge in [0.25, 0.3) is 0 Å². The average Bonchev–Trinajstić information content (AvgIpc) is 2.93. The molecular formula is C26H20N6O6. The van der Waals surface area contributed by atoms with Crippen molar-refractivity contribution >= 4 is 45.2 Å². The van der Waals surface area contributed by atoms with Crippen LogP contribution in [0.25, 0.3) is 44.7 Å². The standard InChI is InChI=1S/C26H20N6O6/c1-27-25(35)29-15-7-9-19-17(11-15)23(33)37-21(31-19)13-3-5-14(6-4-13)22-32-20-10-8-16(30-26(36)28-2)12-18(20)24(34)38-22/h3-12H,1-2H3,(H2,27,29,35)(H2,28,30,36). The molecule has 190 valence electrons. The van der Waals surface area contributed by atoms with Crippen LogP contribution in [-0.4, -0.2) is 36.1 Å². The van der Waals surface area contributed by atoms with Gasteiger partial charge in [-0.05, 0) is 60.7 Å². The minimum Gasteiger partial charge on any atom is -0.403 e. The summed E-state index contributed by atoms with van der Waals surface area (Å²) in [6.45, 7) is 0.